The maximum atomic E-state index is 13.1. The van der Waals surface area contributed by atoms with Gasteiger partial charge in [0, 0.05) is 23.4 Å². The van der Waals surface area contributed by atoms with Crippen LogP contribution in [0.2, 0.25) is 0 Å². The van der Waals surface area contributed by atoms with Gasteiger partial charge in [-0.25, -0.2) is 13.8 Å². The zero-order valence-electron chi connectivity index (χ0n) is 20.9. The van der Waals surface area contributed by atoms with Crippen molar-refractivity contribution in [2.24, 2.45) is 0 Å². The summed E-state index contributed by atoms with van der Waals surface area (Å²) in [4.78, 5) is 29.5. The first-order valence-corrected chi connectivity index (χ1v) is 12.1. The Balaban J connectivity index is 1.19. The van der Waals surface area contributed by atoms with Crippen molar-refractivity contribution in [3.8, 4) is 22.6 Å². The number of hydrogen-bond acceptors (Lipinski definition) is 7. The van der Waals surface area contributed by atoms with Crippen molar-refractivity contribution >= 4 is 23.7 Å². The van der Waals surface area contributed by atoms with E-state index >= 15 is 0 Å². The molecule has 3 heterocycles. The molecule has 0 saturated carbocycles. The highest BCUT2D eigenvalue weighted by atomic mass is 19.3. The van der Waals surface area contributed by atoms with Gasteiger partial charge in [0.25, 0.3) is 11.8 Å². The molecule has 198 valence electrons. The van der Waals surface area contributed by atoms with Gasteiger partial charge in [-0.1, -0.05) is 24.3 Å². The van der Waals surface area contributed by atoms with Gasteiger partial charge >= 0.3 is 0 Å². The lowest BCUT2D eigenvalue weighted by Gasteiger charge is -2.38. The SMILES string of the molecule is Cc1cc(-c2ccc(C(=O)N3CC(F)(F)C3)cc2)ccc1-c1nnc(CNC(=O)/C=C/c2ccc(N)nc2)o1. The maximum Gasteiger partial charge on any atom is 0.282 e. The van der Waals surface area contributed by atoms with Crippen molar-refractivity contribution < 1.29 is 22.8 Å². The summed E-state index contributed by atoms with van der Waals surface area (Å²) in [5, 5.41) is 10.8. The molecular weight excluding hydrogens is 506 g/mol. The molecule has 4 aromatic rings. The molecule has 0 unspecified atom stereocenters. The Morgan fingerprint density at radius 2 is 1.82 bits per heavy atom. The van der Waals surface area contributed by atoms with Crippen molar-refractivity contribution in [3.63, 3.8) is 0 Å². The number of alkyl halides is 2. The lowest BCUT2D eigenvalue weighted by Crippen LogP contribution is -2.58. The molecule has 39 heavy (non-hydrogen) atoms. The number of anilines is 1. The number of halogens is 2. The zero-order valence-corrected chi connectivity index (χ0v) is 20.9. The third-order valence-electron chi connectivity index (χ3n) is 6.17. The molecule has 0 radical (unpaired) electrons. The summed E-state index contributed by atoms with van der Waals surface area (Å²) in [6.45, 7) is 0.881. The summed E-state index contributed by atoms with van der Waals surface area (Å²) in [6.07, 6.45) is 4.55. The first kappa shape index (κ1) is 25.7. The van der Waals surface area contributed by atoms with Crippen LogP contribution in [0.5, 0.6) is 0 Å². The molecule has 1 saturated heterocycles. The van der Waals surface area contributed by atoms with Gasteiger partial charge in [0.15, 0.2) is 0 Å². The Kier molecular flexibility index (Phi) is 6.88. The number of nitrogens with one attached hydrogen (secondary N) is 1. The van der Waals surface area contributed by atoms with Crippen LogP contribution in [-0.2, 0) is 11.3 Å². The molecule has 0 spiro atoms. The van der Waals surface area contributed by atoms with E-state index in [1.807, 2.05) is 25.1 Å². The summed E-state index contributed by atoms with van der Waals surface area (Å²) < 4.78 is 31.9. The number of aryl methyl sites for hydroxylation is 1. The molecule has 5 rings (SSSR count). The molecular formula is C28H24F2N6O3. The van der Waals surface area contributed by atoms with E-state index in [1.54, 1.807) is 48.7 Å². The molecule has 1 aliphatic rings. The van der Waals surface area contributed by atoms with Crippen LogP contribution in [0, 0.1) is 6.92 Å². The standard InChI is InChI=1S/C28H24F2N6O3/c1-17-12-21(19-4-6-20(7-5-19)27(38)36-15-28(29,30)16-36)8-9-22(17)26-35-34-25(39-26)14-33-24(37)11-3-18-2-10-23(31)32-13-18/h2-13H,14-16H2,1H3,(H2,31,32)(H,33,37)/b11-3+. The van der Waals surface area contributed by atoms with Crippen LogP contribution >= 0.6 is 0 Å². The average Bonchev–Trinajstić information content (AvgIpc) is 3.38. The fourth-order valence-electron chi connectivity index (χ4n) is 4.07. The minimum absolute atomic E-state index is 0.0629. The highest BCUT2D eigenvalue weighted by molar-refractivity contribution is 5.95. The number of nitrogens with zero attached hydrogens (tertiary/aromatic N) is 4. The van der Waals surface area contributed by atoms with Crippen LogP contribution in [0.1, 0.15) is 27.4 Å². The summed E-state index contributed by atoms with van der Waals surface area (Å²) in [7, 11) is 0. The van der Waals surface area contributed by atoms with Crippen LogP contribution in [0.4, 0.5) is 14.6 Å². The quantitative estimate of drug-likeness (QED) is 0.344. The highest BCUT2D eigenvalue weighted by Crippen LogP contribution is 2.30. The molecule has 3 N–H and O–H groups in total. The zero-order chi connectivity index (χ0) is 27.6. The van der Waals surface area contributed by atoms with Crippen molar-refractivity contribution in [2.45, 2.75) is 19.4 Å². The van der Waals surface area contributed by atoms with Gasteiger partial charge in [-0.15, -0.1) is 10.2 Å². The number of benzene rings is 2. The molecule has 2 aromatic carbocycles. The number of carbonyl (C=O) groups excluding carboxylic acids is 2. The Morgan fingerprint density at radius 3 is 2.49 bits per heavy atom. The lowest BCUT2D eigenvalue weighted by molar-refractivity contribution is -0.116. The summed E-state index contributed by atoms with van der Waals surface area (Å²) in [5.41, 5.74) is 10.0. The van der Waals surface area contributed by atoms with E-state index in [-0.39, 0.29) is 18.3 Å². The molecule has 2 aromatic heterocycles. The smallest absolute Gasteiger partial charge is 0.282 e. The minimum atomic E-state index is -2.80. The topological polar surface area (TPSA) is 127 Å². The third kappa shape index (κ3) is 5.98. The molecule has 1 aliphatic heterocycles. The molecule has 2 amide bonds. The van der Waals surface area contributed by atoms with Crippen LogP contribution in [-0.4, -0.2) is 50.9 Å². The van der Waals surface area contributed by atoms with Crippen molar-refractivity contribution in [2.75, 3.05) is 18.8 Å². The number of rotatable bonds is 7. The number of pyridine rings is 1. The van der Waals surface area contributed by atoms with E-state index in [0.717, 1.165) is 32.7 Å². The highest BCUT2D eigenvalue weighted by Gasteiger charge is 2.46. The number of nitrogens with two attached hydrogens (primary N) is 1. The van der Waals surface area contributed by atoms with Crippen LogP contribution in [0.3, 0.4) is 0 Å². The fourth-order valence-corrected chi connectivity index (χ4v) is 4.07. The normalized spacial score (nSPS) is 14.3. The van der Waals surface area contributed by atoms with Gasteiger partial charge in [-0.3, -0.25) is 9.59 Å². The van der Waals surface area contributed by atoms with Crippen molar-refractivity contribution in [3.05, 3.63) is 89.5 Å². The summed E-state index contributed by atoms with van der Waals surface area (Å²) in [5.74, 6) is -2.56. The van der Waals surface area contributed by atoms with Gasteiger partial charge in [-0.05, 0) is 65.6 Å². The molecule has 0 aliphatic carbocycles. The lowest BCUT2D eigenvalue weighted by atomic mass is 9.98. The molecule has 9 nitrogen and oxygen atoms in total. The molecule has 0 bridgehead atoms. The van der Waals surface area contributed by atoms with Gasteiger partial charge in [0.1, 0.15) is 5.82 Å². The molecule has 11 heteroatoms. The second kappa shape index (κ2) is 10.4. The number of amides is 2. The van der Waals surface area contributed by atoms with Gasteiger partial charge in [-0.2, -0.15) is 0 Å². The van der Waals surface area contributed by atoms with E-state index in [2.05, 4.69) is 20.5 Å². The van der Waals surface area contributed by atoms with E-state index in [1.165, 1.54) is 6.08 Å². The monoisotopic (exact) mass is 530 g/mol. The number of nitrogen functional groups attached to an aromatic ring is 1. The molecule has 1 fully saturated rings. The van der Waals surface area contributed by atoms with Gasteiger partial charge in [0.05, 0.1) is 19.6 Å². The van der Waals surface area contributed by atoms with Crippen LogP contribution in [0.15, 0.2) is 71.3 Å². The van der Waals surface area contributed by atoms with Gasteiger partial charge < -0.3 is 20.4 Å². The Labute approximate surface area is 222 Å². The maximum absolute atomic E-state index is 13.1. The largest absolute Gasteiger partial charge is 0.419 e. The number of carbonyl (C=O) groups is 2. The predicted molar refractivity (Wildman–Crippen MR) is 140 cm³/mol. The summed E-state index contributed by atoms with van der Waals surface area (Å²) in [6, 6.07) is 15.9. The summed E-state index contributed by atoms with van der Waals surface area (Å²) >= 11 is 0. The van der Waals surface area contributed by atoms with E-state index in [4.69, 9.17) is 10.2 Å². The van der Waals surface area contributed by atoms with Gasteiger partial charge in [0.2, 0.25) is 17.7 Å². The van der Waals surface area contributed by atoms with Crippen molar-refractivity contribution in [1.29, 1.82) is 0 Å². The fraction of sp³-hybridized carbons (Fsp3) is 0.179. The Morgan fingerprint density at radius 1 is 1.08 bits per heavy atom. The number of aromatic nitrogens is 3. The average molecular weight is 531 g/mol. The number of hydrogen-bond donors (Lipinski definition) is 2. The van der Waals surface area contributed by atoms with E-state index < -0.39 is 24.9 Å². The van der Waals surface area contributed by atoms with Crippen molar-refractivity contribution in [1.82, 2.24) is 25.4 Å². The first-order chi connectivity index (χ1) is 18.7. The third-order valence-corrected chi connectivity index (χ3v) is 6.17. The minimum Gasteiger partial charge on any atom is -0.419 e. The Bertz CT molecular complexity index is 1540. The Hall–Kier alpha value is -4.93. The first-order valence-electron chi connectivity index (χ1n) is 12.1. The number of likely N-dealkylation sites (tertiary alicyclic amines) is 1. The molecule has 0 atom stereocenters. The second-order valence-corrected chi connectivity index (χ2v) is 9.19. The second-order valence-electron chi connectivity index (χ2n) is 9.19. The van der Waals surface area contributed by atoms with Crippen LogP contribution < -0.4 is 11.1 Å². The van der Waals surface area contributed by atoms with E-state index in [9.17, 15) is 18.4 Å². The predicted octanol–water partition coefficient (Wildman–Crippen LogP) is 4.11. The van der Waals surface area contributed by atoms with E-state index in [0.29, 0.717) is 17.3 Å². The van der Waals surface area contributed by atoms with Crippen LogP contribution in [0.25, 0.3) is 28.7 Å².